The lowest BCUT2D eigenvalue weighted by Crippen LogP contribution is -2.39. The van der Waals surface area contributed by atoms with Crippen molar-refractivity contribution in [2.75, 3.05) is 13.2 Å². The summed E-state index contributed by atoms with van der Waals surface area (Å²) in [6.45, 7) is 6.45. The zero-order valence-corrected chi connectivity index (χ0v) is 16.7. The van der Waals surface area contributed by atoms with Crippen LogP contribution in [0.3, 0.4) is 0 Å². The summed E-state index contributed by atoms with van der Waals surface area (Å²) < 4.78 is 11.4. The molecular weight excluding hydrogens is 373 g/mol. The first kappa shape index (κ1) is 20.4. The zero-order chi connectivity index (χ0) is 19.1. The predicted octanol–water partition coefficient (Wildman–Crippen LogP) is 4.96. The highest BCUT2D eigenvalue weighted by molar-refractivity contribution is 6.31. The quantitative estimate of drug-likeness (QED) is 0.642. The Labute approximate surface area is 164 Å². The lowest BCUT2D eigenvalue weighted by atomic mass is 10.2. The number of hydrogen-bond donors (Lipinski definition) is 1. The lowest BCUT2D eigenvalue weighted by Gasteiger charge is -2.18. The fraction of sp³-hybridized carbons (Fsp3) is 0.350. The van der Waals surface area contributed by atoms with Crippen molar-refractivity contribution >= 4 is 29.1 Å². The van der Waals surface area contributed by atoms with Crippen LogP contribution in [0.4, 0.5) is 0 Å². The topological polar surface area (TPSA) is 47.6 Å². The van der Waals surface area contributed by atoms with Crippen molar-refractivity contribution in [3.05, 3.63) is 57.6 Å². The molecule has 0 bridgehead atoms. The van der Waals surface area contributed by atoms with Crippen molar-refractivity contribution in [1.29, 1.82) is 0 Å². The zero-order valence-electron chi connectivity index (χ0n) is 15.1. The van der Waals surface area contributed by atoms with Gasteiger partial charge < -0.3 is 14.8 Å². The number of amides is 1. The van der Waals surface area contributed by atoms with E-state index >= 15 is 0 Å². The molecule has 140 valence electrons. The van der Waals surface area contributed by atoms with E-state index in [1.807, 2.05) is 39.0 Å². The Morgan fingerprint density at radius 3 is 2.42 bits per heavy atom. The van der Waals surface area contributed by atoms with Crippen LogP contribution in [0, 0.1) is 13.8 Å². The van der Waals surface area contributed by atoms with E-state index in [1.165, 1.54) is 0 Å². The Morgan fingerprint density at radius 2 is 1.77 bits per heavy atom. The summed E-state index contributed by atoms with van der Waals surface area (Å²) in [5, 5.41) is 4.15. The van der Waals surface area contributed by atoms with Crippen LogP contribution in [0.15, 0.2) is 36.4 Å². The minimum absolute atomic E-state index is 0.175. The normalized spacial score (nSPS) is 11.7. The Kier molecular flexibility index (Phi) is 7.61. The van der Waals surface area contributed by atoms with Gasteiger partial charge in [0.05, 0.1) is 6.54 Å². The van der Waals surface area contributed by atoms with Crippen LogP contribution < -0.4 is 14.8 Å². The van der Waals surface area contributed by atoms with E-state index in [4.69, 9.17) is 32.7 Å². The number of carbonyl (C=O) groups excluding carboxylic acids is 1. The monoisotopic (exact) mass is 395 g/mol. The Balaban J connectivity index is 1.81. The van der Waals surface area contributed by atoms with Crippen LogP contribution in [0.5, 0.6) is 11.5 Å². The van der Waals surface area contributed by atoms with Crippen LogP contribution in [0.2, 0.25) is 10.0 Å². The molecule has 0 spiro atoms. The van der Waals surface area contributed by atoms with Crippen molar-refractivity contribution < 1.29 is 14.3 Å². The largest absolute Gasteiger partial charge is 0.492 e. The van der Waals surface area contributed by atoms with Crippen molar-refractivity contribution in [2.24, 2.45) is 0 Å². The Hall–Kier alpha value is -1.91. The molecule has 1 N–H and O–H groups in total. The molecule has 26 heavy (non-hydrogen) atoms. The lowest BCUT2D eigenvalue weighted by molar-refractivity contribution is -0.128. The Bertz CT molecular complexity index is 765. The van der Waals surface area contributed by atoms with Gasteiger partial charge in [-0.25, -0.2) is 0 Å². The van der Waals surface area contributed by atoms with E-state index in [1.54, 1.807) is 18.2 Å². The van der Waals surface area contributed by atoms with E-state index in [9.17, 15) is 4.79 Å². The number of benzene rings is 2. The van der Waals surface area contributed by atoms with E-state index in [2.05, 4.69) is 5.32 Å². The van der Waals surface area contributed by atoms with E-state index in [0.29, 0.717) is 41.1 Å². The number of nitrogens with one attached hydrogen (secondary N) is 1. The average Bonchev–Trinajstić information content (AvgIpc) is 2.62. The number of hydrogen-bond acceptors (Lipinski definition) is 3. The number of halogens is 2. The molecule has 0 radical (unpaired) electrons. The second kappa shape index (κ2) is 9.70. The molecule has 2 aromatic carbocycles. The molecule has 1 amide bonds. The van der Waals surface area contributed by atoms with Gasteiger partial charge in [0.15, 0.2) is 6.10 Å². The van der Waals surface area contributed by atoms with Crippen LogP contribution >= 0.6 is 23.2 Å². The standard InChI is InChI=1S/C20H23Cl2NO3/c1-4-19(26-16-7-8-17(21)14(3)11-16)20(24)23-9-10-25-15-6-5-13(2)18(22)12-15/h5-8,11-12,19H,4,9-10H2,1-3H3,(H,23,24). The number of aryl methyl sites for hydroxylation is 2. The molecule has 0 aliphatic rings. The van der Waals surface area contributed by atoms with Gasteiger partial charge >= 0.3 is 0 Å². The number of rotatable bonds is 8. The van der Waals surface area contributed by atoms with E-state index < -0.39 is 6.10 Å². The summed E-state index contributed by atoms with van der Waals surface area (Å²) in [6.07, 6.45) is -0.00790. The van der Waals surface area contributed by atoms with E-state index in [0.717, 1.165) is 11.1 Å². The van der Waals surface area contributed by atoms with Gasteiger partial charge in [-0.3, -0.25) is 4.79 Å². The summed E-state index contributed by atoms with van der Waals surface area (Å²) in [6, 6.07) is 10.9. The number of carbonyl (C=O) groups is 1. The first-order valence-corrected chi connectivity index (χ1v) is 9.25. The van der Waals surface area contributed by atoms with Crippen molar-refractivity contribution in [3.63, 3.8) is 0 Å². The van der Waals surface area contributed by atoms with Crippen LogP contribution in [0.25, 0.3) is 0 Å². The fourth-order valence-corrected chi connectivity index (χ4v) is 2.59. The second-order valence-corrected chi connectivity index (χ2v) is 6.79. The minimum atomic E-state index is -0.565. The molecule has 2 rings (SSSR count). The van der Waals surface area contributed by atoms with Gasteiger partial charge in [-0.1, -0.05) is 36.2 Å². The van der Waals surface area contributed by atoms with Crippen LogP contribution in [-0.2, 0) is 4.79 Å². The number of ether oxygens (including phenoxy) is 2. The molecule has 1 atom stereocenters. The summed E-state index contributed by atoms with van der Waals surface area (Å²) >= 11 is 12.1. The van der Waals surface area contributed by atoms with Gasteiger partial charge in [0.1, 0.15) is 18.1 Å². The Morgan fingerprint density at radius 1 is 1.04 bits per heavy atom. The SMILES string of the molecule is CCC(Oc1ccc(Cl)c(C)c1)C(=O)NCCOc1ccc(C)c(Cl)c1. The molecule has 4 nitrogen and oxygen atoms in total. The third kappa shape index (κ3) is 5.82. The third-order valence-electron chi connectivity index (χ3n) is 3.88. The van der Waals surface area contributed by atoms with Crippen molar-refractivity contribution in [2.45, 2.75) is 33.3 Å². The molecule has 0 aliphatic carbocycles. The average molecular weight is 396 g/mol. The first-order valence-electron chi connectivity index (χ1n) is 8.50. The van der Waals surface area contributed by atoms with Gasteiger partial charge in [-0.05, 0) is 61.7 Å². The summed E-state index contributed by atoms with van der Waals surface area (Å²) in [7, 11) is 0. The molecule has 0 heterocycles. The fourth-order valence-electron chi connectivity index (χ4n) is 2.30. The highest BCUT2D eigenvalue weighted by atomic mass is 35.5. The molecule has 1 unspecified atom stereocenters. The van der Waals surface area contributed by atoms with Crippen molar-refractivity contribution in [3.8, 4) is 11.5 Å². The second-order valence-electron chi connectivity index (χ2n) is 5.98. The molecular formula is C20H23Cl2NO3. The minimum Gasteiger partial charge on any atom is -0.492 e. The van der Waals surface area contributed by atoms with Gasteiger partial charge in [0.25, 0.3) is 5.91 Å². The van der Waals surface area contributed by atoms with Gasteiger partial charge in [0, 0.05) is 10.0 Å². The molecule has 0 aromatic heterocycles. The first-order chi connectivity index (χ1) is 12.4. The maximum Gasteiger partial charge on any atom is 0.261 e. The van der Waals surface area contributed by atoms with Crippen LogP contribution in [-0.4, -0.2) is 25.2 Å². The molecule has 0 fully saturated rings. The highest BCUT2D eigenvalue weighted by Gasteiger charge is 2.18. The molecule has 0 saturated heterocycles. The van der Waals surface area contributed by atoms with Gasteiger partial charge in [0.2, 0.25) is 0 Å². The van der Waals surface area contributed by atoms with Crippen molar-refractivity contribution in [1.82, 2.24) is 5.32 Å². The molecule has 2 aromatic rings. The predicted molar refractivity (Wildman–Crippen MR) is 106 cm³/mol. The summed E-state index contributed by atoms with van der Waals surface area (Å²) in [5.74, 6) is 1.12. The highest BCUT2D eigenvalue weighted by Crippen LogP contribution is 2.23. The van der Waals surface area contributed by atoms with Gasteiger partial charge in [-0.15, -0.1) is 0 Å². The summed E-state index contributed by atoms with van der Waals surface area (Å²) in [5.41, 5.74) is 1.90. The van der Waals surface area contributed by atoms with Gasteiger partial charge in [-0.2, -0.15) is 0 Å². The smallest absolute Gasteiger partial charge is 0.261 e. The van der Waals surface area contributed by atoms with Crippen LogP contribution in [0.1, 0.15) is 24.5 Å². The summed E-state index contributed by atoms with van der Waals surface area (Å²) in [4.78, 5) is 12.3. The maximum absolute atomic E-state index is 12.3. The van der Waals surface area contributed by atoms with E-state index in [-0.39, 0.29) is 5.91 Å². The molecule has 0 saturated carbocycles. The molecule has 0 aliphatic heterocycles. The maximum atomic E-state index is 12.3. The molecule has 6 heteroatoms. The third-order valence-corrected chi connectivity index (χ3v) is 4.72.